The SMILES string of the molecule is C=CCOc1ccc(C[C@H](NC(=O)[C@H](CCCCNC(=O)OC(C)(C)C)NC(=O)CC2c3ccccc3-c3ccccc32)C(=O)O)cc1. The van der Waals surface area contributed by atoms with Crippen molar-refractivity contribution in [1.29, 1.82) is 0 Å². The van der Waals surface area contributed by atoms with Crippen LogP contribution in [-0.4, -0.2) is 59.8 Å². The topological polar surface area (TPSA) is 143 Å². The molecule has 0 heterocycles. The van der Waals surface area contributed by atoms with Crippen LogP contribution in [0.2, 0.25) is 0 Å². The van der Waals surface area contributed by atoms with Crippen LogP contribution in [0.15, 0.2) is 85.5 Å². The lowest BCUT2D eigenvalue weighted by atomic mass is 9.93. The maximum absolute atomic E-state index is 13.6. The Morgan fingerprint density at radius 1 is 0.875 bits per heavy atom. The van der Waals surface area contributed by atoms with Crippen LogP contribution in [-0.2, 0) is 25.5 Å². The normalized spacial score (nSPS) is 13.3. The fourth-order valence-electron chi connectivity index (χ4n) is 5.75. The summed E-state index contributed by atoms with van der Waals surface area (Å²) in [4.78, 5) is 51.4. The third-order valence-electron chi connectivity index (χ3n) is 7.94. The van der Waals surface area contributed by atoms with E-state index in [1.165, 1.54) is 0 Å². The van der Waals surface area contributed by atoms with Gasteiger partial charge in [-0.15, -0.1) is 0 Å². The van der Waals surface area contributed by atoms with Crippen molar-refractivity contribution in [2.45, 2.75) is 76.5 Å². The number of benzene rings is 3. The summed E-state index contributed by atoms with van der Waals surface area (Å²) in [6, 6.07) is 20.7. The predicted octanol–water partition coefficient (Wildman–Crippen LogP) is 5.75. The van der Waals surface area contributed by atoms with Gasteiger partial charge in [0.25, 0.3) is 0 Å². The van der Waals surface area contributed by atoms with Gasteiger partial charge in [-0.05, 0) is 80.0 Å². The van der Waals surface area contributed by atoms with Gasteiger partial charge in [0.2, 0.25) is 11.8 Å². The minimum atomic E-state index is -1.22. The molecule has 2 atom stereocenters. The van der Waals surface area contributed by atoms with Gasteiger partial charge < -0.3 is 30.5 Å². The highest BCUT2D eigenvalue weighted by Crippen LogP contribution is 2.46. The number of amides is 3. The standard InChI is InChI=1S/C38H45N3O7/c1-5-22-47-26-19-17-25(18-20-26)23-33(36(44)45)41-35(43)32(16-10-11-21-39-37(46)48-38(2,3)4)40-34(42)24-31-29-14-8-6-12-27(29)28-13-7-9-15-30(28)31/h5-9,12-15,17-20,31-33H,1,10-11,16,21-24H2,2-4H3,(H,39,46)(H,40,42)(H,41,43)(H,44,45)/t32-,33-/m0/s1. The van der Waals surface area contributed by atoms with Crippen molar-refractivity contribution in [2.75, 3.05) is 13.2 Å². The zero-order valence-corrected chi connectivity index (χ0v) is 27.8. The van der Waals surface area contributed by atoms with Gasteiger partial charge in [0.05, 0.1) is 0 Å². The van der Waals surface area contributed by atoms with Crippen LogP contribution in [0.1, 0.15) is 69.1 Å². The smallest absolute Gasteiger partial charge is 0.407 e. The number of aliphatic carboxylic acids is 1. The van der Waals surface area contributed by atoms with Crippen LogP contribution in [0.5, 0.6) is 5.75 Å². The van der Waals surface area contributed by atoms with Gasteiger partial charge in [-0.25, -0.2) is 9.59 Å². The first-order valence-corrected chi connectivity index (χ1v) is 16.3. The number of carbonyl (C=O) groups is 4. The summed E-state index contributed by atoms with van der Waals surface area (Å²) in [6.07, 6.45) is 2.50. The molecular weight excluding hydrogens is 610 g/mol. The zero-order chi connectivity index (χ0) is 34.7. The average molecular weight is 656 g/mol. The van der Waals surface area contributed by atoms with Crippen LogP contribution in [0, 0.1) is 0 Å². The molecule has 254 valence electrons. The van der Waals surface area contributed by atoms with E-state index in [9.17, 15) is 24.3 Å². The molecule has 0 saturated carbocycles. The molecule has 3 aromatic rings. The molecule has 1 aliphatic rings. The Morgan fingerprint density at radius 3 is 2.08 bits per heavy atom. The molecule has 0 bridgehead atoms. The molecule has 0 radical (unpaired) electrons. The molecule has 10 nitrogen and oxygen atoms in total. The summed E-state index contributed by atoms with van der Waals surface area (Å²) in [5, 5.41) is 18.2. The second-order valence-electron chi connectivity index (χ2n) is 12.8. The zero-order valence-electron chi connectivity index (χ0n) is 27.8. The number of carboxylic acids is 1. The van der Waals surface area contributed by atoms with Crippen LogP contribution in [0.4, 0.5) is 4.79 Å². The number of fused-ring (bicyclic) bond motifs is 3. The monoisotopic (exact) mass is 655 g/mol. The number of hydrogen-bond donors (Lipinski definition) is 4. The van der Waals surface area contributed by atoms with E-state index < -0.39 is 35.7 Å². The lowest BCUT2D eigenvalue weighted by Crippen LogP contribution is -2.52. The Balaban J connectivity index is 1.43. The molecule has 0 aromatic heterocycles. The molecule has 0 saturated heterocycles. The number of hydrogen-bond acceptors (Lipinski definition) is 6. The summed E-state index contributed by atoms with van der Waals surface area (Å²) < 4.78 is 10.8. The highest BCUT2D eigenvalue weighted by Gasteiger charge is 2.32. The molecule has 1 aliphatic carbocycles. The minimum Gasteiger partial charge on any atom is -0.490 e. The molecule has 10 heteroatoms. The van der Waals surface area contributed by atoms with Crippen molar-refractivity contribution in [3.05, 3.63) is 102 Å². The van der Waals surface area contributed by atoms with E-state index in [4.69, 9.17) is 9.47 Å². The van der Waals surface area contributed by atoms with E-state index in [-0.39, 0.29) is 31.1 Å². The van der Waals surface area contributed by atoms with Crippen LogP contribution >= 0.6 is 0 Å². The Hall–Kier alpha value is -5.12. The Labute approximate surface area is 281 Å². The number of nitrogens with one attached hydrogen (secondary N) is 3. The average Bonchev–Trinajstić information content (AvgIpc) is 3.35. The van der Waals surface area contributed by atoms with E-state index in [1.807, 2.05) is 48.5 Å². The second-order valence-corrected chi connectivity index (χ2v) is 12.8. The van der Waals surface area contributed by atoms with Crippen molar-refractivity contribution in [3.63, 3.8) is 0 Å². The predicted molar refractivity (Wildman–Crippen MR) is 184 cm³/mol. The molecule has 0 aliphatic heterocycles. The number of unbranched alkanes of at least 4 members (excludes halogenated alkanes) is 1. The third-order valence-corrected chi connectivity index (χ3v) is 7.94. The van der Waals surface area contributed by atoms with E-state index in [0.29, 0.717) is 37.3 Å². The first kappa shape index (κ1) is 35.7. The fourth-order valence-corrected chi connectivity index (χ4v) is 5.75. The highest BCUT2D eigenvalue weighted by molar-refractivity contribution is 5.91. The number of carboxylic acid groups (broad SMARTS) is 1. The number of alkyl carbamates (subject to hydrolysis) is 1. The van der Waals surface area contributed by atoms with Crippen molar-refractivity contribution in [2.24, 2.45) is 0 Å². The molecule has 3 amide bonds. The summed E-state index contributed by atoms with van der Waals surface area (Å²) >= 11 is 0. The van der Waals surface area contributed by atoms with Gasteiger partial charge in [0.15, 0.2) is 0 Å². The maximum Gasteiger partial charge on any atom is 0.407 e. The van der Waals surface area contributed by atoms with Gasteiger partial charge in [0.1, 0.15) is 30.0 Å². The van der Waals surface area contributed by atoms with Gasteiger partial charge >= 0.3 is 12.1 Å². The Bertz CT molecular complexity index is 1550. The largest absolute Gasteiger partial charge is 0.490 e. The van der Waals surface area contributed by atoms with Crippen molar-refractivity contribution >= 4 is 23.9 Å². The maximum atomic E-state index is 13.6. The van der Waals surface area contributed by atoms with E-state index >= 15 is 0 Å². The van der Waals surface area contributed by atoms with Crippen LogP contribution in [0.25, 0.3) is 11.1 Å². The number of carbonyl (C=O) groups excluding carboxylic acids is 3. The van der Waals surface area contributed by atoms with Gasteiger partial charge in [-0.3, -0.25) is 9.59 Å². The molecular formula is C38H45N3O7. The molecule has 4 rings (SSSR count). The number of rotatable bonds is 16. The van der Waals surface area contributed by atoms with E-state index in [2.05, 4.69) is 22.5 Å². The quantitative estimate of drug-likeness (QED) is 0.114. The molecule has 0 fully saturated rings. The lowest BCUT2D eigenvalue weighted by Gasteiger charge is -2.23. The molecule has 3 aromatic carbocycles. The van der Waals surface area contributed by atoms with Crippen molar-refractivity contribution < 1.29 is 33.8 Å². The van der Waals surface area contributed by atoms with Gasteiger partial charge in [-0.2, -0.15) is 0 Å². The highest BCUT2D eigenvalue weighted by atomic mass is 16.6. The first-order chi connectivity index (χ1) is 22.9. The van der Waals surface area contributed by atoms with Crippen molar-refractivity contribution in [3.8, 4) is 16.9 Å². The lowest BCUT2D eigenvalue weighted by molar-refractivity contribution is -0.142. The van der Waals surface area contributed by atoms with Crippen LogP contribution in [0.3, 0.4) is 0 Å². The van der Waals surface area contributed by atoms with Crippen molar-refractivity contribution in [1.82, 2.24) is 16.0 Å². The molecule has 0 unspecified atom stereocenters. The second kappa shape index (κ2) is 16.6. The summed E-state index contributed by atoms with van der Waals surface area (Å²) in [5.74, 6) is -1.66. The number of ether oxygens (including phenoxy) is 2. The molecule has 4 N–H and O–H groups in total. The van der Waals surface area contributed by atoms with Crippen LogP contribution < -0.4 is 20.7 Å². The van der Waals surface area contributed by atoms with Gasteiger partial charge in [0, 0.05) is 25.3 Å². The van der Waals surface area contributed by atoms with E-state index in [1.54, 1.807) is 51.1 Å². The molecule has 48 heavy (non-hydrogen) atoms. The fraction of sp³-hybridized carbons (Fsp3) is 0.368. The first-order valence-electron chi connectivity index (χ1n) is 16.3. The van der Waals surface area contributed by atoms with Gasteiger partial charge in [-0.1, -0.05) is 73.3 Å². The van der Waals surface area contributed by atoms with E-state index in [0.717, 1.165) is 22.3 Å². The summed E-state index contributed by atoms with van der Waals surface area (Å²) in [7, 11) is 0. The molecule has 0 spiro atoms. The third kappa shape index (κ3) is 10.2. The summed E-state index contributed by atoms with van der Waals surface area (Å²) in [5.41, 5.74) is 4.34. The Kier molecular flexibility index (Phi) is 12.4. The summed E-state index contributed by atoms with van der Waals surface area (Å²) in [6.45, 7) is 9.62. The Morgan fingerprint density at radius 2 is 1.50 bits per heavy atom. The minimum absolute atomic E-state index is 0.0406.